The number of aromatic amines is 1. The molecule has 0 spiro atoms. The van der Waals surface area contributed by atoms with Gasteiger partial charge in [-0.2, -0.15) is 5.10 Å². The minimum absolute atomic E-state index is 0.129. The van der Waals surface area contributed by atoms with Gasteiger partial charge in [0, 0.05) is 23.4 Å². The Hall–Kier alpha value is -3.40. The van der Waals surface area contributed by atoms with Gasteiger partial charge in [-0.1, -0.05) is 23.5 Å². The number of carbonyl (C=O) groups excluding carboxylic acids is 2. The monoisotopic (exact) mass is 427 g/mol. The molecule has 0 atom stereocenters. The highest BCUT2D eigenvalue weighted by Gasteiger charge is 2.26. The summed E-state index contributed by atoms with van der Waals surface area (Å²) in [4.78, 5) is 31.7. The number of nitrogens with zero attached hydrogens (tertiary/aromatic N) is 3. The largest absolute Gasteiger partial charge is 0.497 e. The van der Waals surface area contributed by atoms with Gasteiger partial charge in [-0.05, 0) is 25.1 Å². The predicted octanol–water partition coefficient (Wildman–Crippen LogP) is 3.31. The Kier molecular flexibility index (Phi) is 5.66. The number of hydrogen-bond donors (Lipinski definition) is 2. The minimum Gasteiger partial charge on any atom is -0.497 e. The maximum absolute atomic E-state index is 13.0. The van der Waals surface area contributed by atoms with Gasteiger partial charge in [0.15, 0.2) is 5.13 Å². The Morgan fingerprint density at radius 2 is 2.20 bits per heavy atom. The van der Waals surface area contributed by atoms with Crippen molar-refractivity contribution in [3.05, 3.63) is 46.6 Å². The molecule has 3 aromatic rings. The SMILES string of the molecule is CCOC(=O)Nc1nc2c(s1)CN(C(=O)c1cc(-c3cccc(OC)c3)n[nH]1)CC2. The third-order valence-corrected chi connectivity index (χ3v) is 5.67. The number of thiazole rings is 1. The zero-order valence-corrected chi connectivity index (χ0v) is 17.4. The van der Waals surface area contributed by atoms with Crippen molar-refractivity contribution >= 4 is 28.5 Å². The van der Waals surface area contributed by atoms with Gasteiger partial charge in [0.2, 0.25) is 0 Å². The Balaban J connectivity index is 1.46. The summed E-state index contributed by atoms with van der Waals surface area (Å²) >= 11 is 1.36. The number of H-pyrrole nitrogens is 1. The van der Waals surface area contributed by atoms with Crippen LogP contribution in [0.25, 0.3) is 11.3 Å². The van der Waals surface area contributed by atoms with Crippen LogP contribution in [0.2, 0.25) is 0 Å². The molecule has 0 fully saturated rings. The van der Waals surface area contributed by atoms with E-state index in [0.29, 0.717) is 42.6 Å². The molecular weight excluding hydrogens is 406 g/mol. The third-order valence-electron chi connectivity index (χ3n) is 4.68. The Morgan fingerprint density at radius 1 is 1.33 bits per heavy atom. The van der Waals surface area contributed by atoms with Gasteiger partial charge in [0.1, 0.15) is 11.4 Å². The molecule has 156 valence electrons. The summed E-state index contributed by atoms with van der Waals surface area (Å²) in [7, 11) is 1.61. The fraction of sp³-hybridized carbons (Fsp3) is 0.300. The lowest BCUT2D eigenvalue weighted by Crippen LogP contribution is -2.35. The van der Waals surface area contributed by atoms with Gasteiger partial charge in [0.05, 0.1) is 31.6 Å². The number of nitrogens with one attached hydrogen (secondary N) is 2. The first kappa shape index (κ1) is 19.9. The second-order valence-corrected chi connectivity index (χ2v) is 7.69. The molecule has 9 nitrogen and oxygen atoms in total. The highest BCUT2D eigenvalue weighted by atomic mass is 32.1. The highest BCUT2D eigenvalue weighted by molar-refractivity contribution is 7.15. The van der Waals surface area contributed by atoms with Gasteiger partial charge in [-0.25, -0.2) is 9.78 Å². The van der Waals surface area contributed by atoms with Crippen LogP contribution in [0.4, 0.5) is 9.93 Å². The summed E-state index contributed by atoms with van der Waals surface area (Å²) in [5.74, 6) is 0.597. The first-order valence-corrected chi connectivity index (χ1v) is 10.3. The van der Waals surface area contributed by atoms with Crippen LogP contribution in [0.15, 0.2) is 30.3 Å². The number of hydrogen-bond acceptors (Lipinski definition) is 7. The van der Waals surface area contributed by atoms with E-state index >= 15 is 0 Å². The number of carbonyl (C=O) groups is 2. The van der Waals surface area contributed by atoms with E-state index in [-0.39, 0.29) is 5.91 Å². The molecule has 1 aliphatic rings. The molecule has 10 heteroatoms. The summed E-state index contributed by atoms with van der Waals surface area (Å²) in [5, 5.41) is 10.2. The maximum Gasteiger partial charge on any atom is 0.413 e. The van der Waals surface area contributed by atoms with E-state index in [2.05, 4.69) is 20.5 Å². The standard InChI is InChI=1S/C20H21N5O4S/c1-3-29-20(27)22-19-21-14-7-8-25(11-17(14)30-19)18(26)16-10-15(23-24-16)12-5-4-6-13(9-12)28-2/h4-6,9-10H,3,7-8,11H2,1-2H3,(H,23,24)(H,21,22,27). The molecule has 3 heterocycles. The molecule has 0 aliphatic carbocycles. The van der Waals surface area contributed by atoms with Crippen molar-refractivity contribution in [2.75, 3.05) is 25.6 Å². The molecule has 0 bridgehead atoms. The van der Waals surface area contributed by atoms with Gasteiger partial charge in [0.25, 0.3) is 5.91 Å². The van der Waals surface area contributed by atoms with Crippen LogP contribution in [0.3, 0.4) is 0 Å². The van der Waals surface area contributed by atoms with Crippen LogP contribution in [0, 0.1) is 0 Å². The molecule has 1 aliphatic heterocycles. The van der Waals surface area contributed by atoms with E-state index in [1.165, 1.54) is 11.3 Å². The summed E-state index contributed by atoms with van der Waals surface area (Å²) < 4.78 is 10.1. The van der Waals surface area contributed by atoms with E-state index in [4.69, 9.17) is 9.47 Å². The summed E-state index contributed by atoms with van der Waals surface area (Å²) in [6, 6.07) is 9.26. The lowest BCUT2D eigenvalue weighted by atomic mass is 10.1. The minimum atomic E-state index is -0.529. The molecule has 4 rings (SSSR count). The lowest BCUT2D eigenvalue weighted by molar-refractivity contribution is 0.0730. The van der Waals surface area contributed by atoms with E-state index in [9.17, 15) is 9.59 Å². The number of ether oxygens (including phenoxy) is 2. The Morgan fingerprint density at radius 3 is 3.00 bits per heavy atom. The average molecular weight is 427 g/mol. The molecular formula is C20H21N5O4S. The molecule has 0 unspecified atom stereocenters. The maximum atomic E-state index is 13.0. The number of aromatic nitrogens is 3. The first-order chi connectivity index (χ1) is 14.6. The fourth-order valence-corrected chi connectivity index (χ4v) is 4.22. The molecule has 30 heavy (non-hydrogen) atoms. The van der Waals surface area contributed by atoms with Gasteiger partial charge in [-0.3, -0.25) is 15.2 Å². The zero-order valence-electron chi connectivity index (χ0n) is 16.6. The third kappa shape index (κ3) is 4.13. The number of fused-ring (bicyclic) bond motifs is 1. The van der Waals surface area contributed by atoms with Crippen LogP contribution in [-0.2, 0) is 17.7 Å². The average Bonchev–Trinajstić information content (AvgIpc) is 3.39. The van der Waals surface area contributed by atoms with Crippen LogP contribution < -0.4 is 10.1 Å². The van der Waals surface area contributed by atoms with E-state index in [1.807, 2.05) is 24.3 Å². The van der Waals surface area contributed by atoms with E-state index in [1.54, 1.807) is 25.0 Å². The first-order valence-electron chi connectivity index (χ1n) is 9.49. The summed E-state index contributed by atoms with van der Waals surface area (Å²) in [6.07, 6.45) is 0.0953. The Labute approximate surface area is 177 Å². The van der Waals surface area contributed by atoms with Gasteiger partial charge < -0.3 is 14.4 Å². The van der Waals surface area contributed by atoms with Crippen LogP contribution in [0.1, 0.15) is 28.0 Å². The van der Waals surface area contributed by atoms with Crippen molar-refractivity contribution in [2.24, 2.45) is 0 Å². The fourth-order valence-electron chi connectivity index (χ4n) is 3.21. The molecule has 0 saturated carbocycles. The van der Waals surface area contributed by atoms with Crippen molar-refractivity contribution in [1.82, 2.24) is 20.1 Å². The number of anilines is 1. The van der Waals surface area contributed by atoms with Crippen molar-refractivity contribution in [3.63, 3.8) is 0 Å². The number of methoxy groups -OCH3 is 1. The van der Waals surface area contributed by atoms with Crippen LogP contribution >= 0.6 is 11.3 Å². The molecule has 2 aromatic heterocycles. The second-order valence-electron chi connectivity index (χ2n) is 6.61. The van der Waals surface area contributed by atoms with Crippen molar-refractivity contribution in [3.8, 4) is 17.0 Å². The van der Waals surface area contributed by atoms with Crippen LogP contribution in [-0.4, -0.2) is 52.3 Å². The molecule has 0 radical (unpaired) electrons. The van der Waals surface area contributed by atoms with Crippen LogP contribution in [0.5, 0.6) is 5.75 Å². The topological polar surface area (TPSA) is 109 Å². The van der Waals surface area contributed by atoms with Crippen molar-refractivity contribution in [1.29, 1.82) is 0 Å². The second kappa shape index (κ2) is 8.54. The summed E-state index contributed by atoms with van der Waals surface area (Å²) in [6.45, 7) is 3.01. The molecule has 2 N–H and O–H groups in total. The number of amides is 2. The highest BCUT2D eigenvalue weighted by Crippen LogP contribution is 2.29. The molecule has 2 amide bonds. The normalized spacial score (nSPS) is 12.9. The Bertz CT molecular complexity index is 1080. The molecule has 0 saturated heterocycles. The van der Waals surface area contributed by atoms with Crippen molar-refractivity contribution < 1.29 is 19.1 Å². The van der Waals surface area contributed by atoms with E-state index < -0.39 is 6.09 Å². The number of rotatable bonds is 5. The van der Waals surface area contributed by atoms with Gasteiger partial charge >= 0.3 is 6.09 Å². The van der Waals surface area contributed by atoms with E-state index in [0.717, 1.165) is 21.9 Å². The summed E-state index contributed by atoms with van der Waals surface area (Å²) in [5.41, 5.74) is 2.86. The smallest absolute Gasteiger partial charge is 0.413 e. The predicted molar refractivity (Wildman–Crippen MR) is 112 cm³/mol. The quantitative estimate of drug-likeness (QED) is 0.647. The zero-order chi connectivity index (χ0) is 21.1. The van der Waals surface area contributed by atoms with Gasteiger partial charge in [-0.15, -0.1) is 0 Å². The number of benzene rings is 1. The lowest BCUT2D eigenvalue weighted by Gasteiger charge is -2.25. The molecule has 1 aromatic carbocycles. The van der Waals surface area contributed by atoms with Crippen molar-refractivity contribution in [2.45, 2.75) is 19.9 Å².